The fraction of sp³-hybridized carbons (Fsp3) is 0.625. The van der Waals surface area contributed by atoms with Crippen molar-refractivity contribution >= 4 is 5.69 Å². The van der Waals surface area contributed by atoms with E-state index in [0.717, 1.165) is 19.4 Å². The molecule has 1 fully saturated rings. The van der Waals surface area contributed by atoms with Gasteiger partial charge >= 0.3 is 0 Å². The molecule has 1 aromatic rings. The number of hydrogen-bond donors (Lipinski definition) is 1. The van der Waals surface area contributed by atoms with Crippen LogP contribution in [0.1, 0.15) is 44.1 Å². The number of nitrogens with one attached hydrogen (secondary N) is 1. The van der Waals surface area contributed by atoms with Crippen LogP contribution >= 0.6 is 0 Å². The summed E-state index contributed by atoms with van der Waals surface area (Å²) < 4.78 is 6.28. The van der Waals surface area contributed by atoms with Crippen LogP contribution in [0, 0.1) is 0 Å². The molecule has 1 aromatic carbocycles. The van der Waals surface area contributed by atoms with Gasteiger partial charge in [-0.05, 0) is 37.3 Å². The van der Waals surface area contributed by atoms with Crippen LogP contribution in [0.25, 0.3) is 0 Å². The Morgan fingerprint density at radius 1 is 0.944 bits per heavy atom. The summed E-state index contributed by atoms with van der Waals surface area (Å²) in [4.78, 5) is 0. The van der Waals surface area contributed by atoms with Crippen LogP contribution in [0.15, 0.2) is 24.3 Å². The van der Waals surface area contributed by atoms with Gasteiger partial charge in [-0.15, -0.1) is 0 Å². The Balaban J connectivity index is 1.57. The lowest BCUT2D eigenvalue weighted by molar-refractivity contribution is -0.0260. The van der Waals surface area contributed by atoms with Crippen molar-refractivity contribution in [1.29, 1.82) is 0 Å². The second-order valence-electron chi connectivity index (χ2n) is 5.59. The van der Waals surface area contributed by atoms with Crippen LogP contribution in [0.4, 0.5) is 5.69 Å². The van der Waals surface area contributed by atoms with E-state index in [1.54, 1.807) is 0 Å². The van der Waals surface area contributed by atoms with Gasteiger partial charge in [-0.25, -0.2) is 0 Å². The number of para-hydroxylation sites is 1. The van der Waals surface area contributed by atoms with Crippen LogP contribution in [0.5, 0.6) is 0 Å². The molecule has 3 rings (SSSR count). The lowest BCUT2D eigenvalue weighted by atomic mass is 9.97. The number of benzene rings is 1. The van der Waals surface area contributed by atoms with Crippen molar-refractivity contribution in [3.05, 3.63) is 29.8 Å². The summed E-state index contributed by atoms with van der Waals surface area (Å²) in [6.07, 6.45) is 9.84. The molecule has 1 saturated carbocycles. The van der Waals surface area contributed by atoms with Gasteiger partial charge in [-0.3, -0.25) is 0 Å². The minimum atomic E-state index is 0.389. The fourth-order valence-corrected chi connectivity index (χ4v) is 3.14. The highest BCUT2D eigenvalue weighted by Crippen LogP contribution is 2.26. The van der Waals surface area contributed by atoms with E-state index in [4.69, 9.17) is 4.74 Å². The predicted octanol–water partition coefficient (Wildman–Crippen LogP) is 3.76. The number of fused-ring (bicyclic) bond motifs is 1. The summed E-state index contributed by atoms with van der Waals surface area (Å²) in [5.41, 5.74) is 2.74. The molecule has 0 amide bonds. The normalized spacial score (nSPS) is 25.0. The molecule has 1 heterocycles. The van der Waals surface area contributed by atoms with Crippen LogP contribution in [0.3, 0.4) is 0 Å². The summed E-state index contributed by atoms with van der Waals surface area (Å²) in [6, 6.07) is 8.64. The first-order valence-corrected chi connectivity index (χ1v) is 7.39. The second-order valence-corrected chi connectivity index (χ2v) is 5.59. The number of anilines is 1. The smallest absolute Gasteiger partial charge is 0.0754 e. The quantitative estimate of drug-likeness (QED) is 0.856. The van der Waals surface area contributed by atoms with Crippen molar-refractivity contribution in [2.75, 3.05) is 11.9 Å². The van der Waals surface area contributed by atoms with Gasteiger partial charge in [0.1, 0.15) is 0 Å². The minimum absolute atomic E-state index is 0.389. The van der Waals surface area contributed by atoms with E-state index in [-0.39, 0.29) is 0 Å². The van der Waals surface area contributed by atoms with Gasteiger partial charge in [0.2, 0.25) is 0 Å². The number of aryl methyl sites for hydroxylation is 1. The Hall–Kier alpha value is -1.02. The van der Waals surface area contributed by atoms with Gasteiger partial charge in [0.15, 0.2) is 0 Å². The molecule has 1 N–H and O–H groups in total. The van der Waals surface area contributed by atoms with Crippen LogP contribution < -0.4 is 5.32 Å². The molecule has 0 aromatic heterocycles. The zero-order valence-corrected chi connectivity index (χ0v) is 11.0. The average Bonchev–Trinajstić information content (AvgIpc) is 2.63. The summed E-state index contributed by atoms with van der Waals surface area (Å²) in [6.45, 7) is 0.966. The predicted molar refractivity (Wildman–Crippen MR) is 75.0 cm³/mol. The van der Waals surface area contributed by atoms with Crippen molar-refractivity contribution in [2.24, 2.45) is 0 Å². The third-order valence-corrected chi connectivity index (χ3v) is 4.21. The van der Waals surface area contributed by atoms with Crippen molar-refractivity contribution in [2.45, 2.75) is 57.2 Å². The van der Waals surface area contributed by atoms with E-state index in [9.17, 15) is 0 Å². The summed E-state index contributed by atoms with van der Waals surface area (Å²) in [5.74, 6) is 0. The van der Waals surface area contributed by atoms with E-state index in [2.05, 4.69) is 29.6 Å². The zero-order chi connectivity index (χ0) is 12.2. The van der Waals surface area contributed by atoms with E-state index in [0.29, 0.717) is 12.2 Å². The molecule has 98 valence electrons. The standard InChI is InChI=1S/C16H23NO/c1-2-7-14(8-3-1)18-15-11-10-13-6-4-5-9-16(13)17-12-15/h4-6,9,14-15,17H,1-3,7-8,10-12H2. The van der Waals surface area contributed by atoms with Crippen LogP contribution in [-0.4, -0.2) is 18.8 Å². The third-order valence-electron chi connectivity index (χ3n) is 4.21. The number of hydrogen-bond acceptors (Lipinski definition) is 2. The first-order valence-electron chi connectivity index (χ1n) is 7.39. The molecular formula is C16H23NO. The van der Waals surface area contributed by atoms with Gasteiger partial charge in [-0.2, -0.15) is 0 Å². The lowest BCUT2D eigenvalue weighted by Gasteiger charge is -2.27. The topological polar surface area (TPSA) is 21.3 Å². The molecule has 2 aliphatic rings. The van der Waals surface area contributed by atoms with E-state index in [1.807, 2.05) is 0 Å². The molecule has 1 aliphatic carbocycles. The van der Waals surface area contributed by atoms with Gasteiger partial charge in [-0.1, -0.05) is 37.5 Å². The van der Waals surface area contributed by atoms with Gasteiger partial charge in [0, 0.05) is 12.2 Å². The summed E-state index contributed by atoms with van der Waals surface area (Å²) >= 11 is 0. The SMILES string of the molecule is c1ccc2c(c1)CCC(OC1CCCCC1)CN2. The third kappa shape index (κ3) is 2.86. The summed E-state index contributed by atoms with van der Waals surface area (Å²) in [5, 5.41) is 3.54. The van der Waals surface area contributed by atoms with E-state index >= 15 is 0 Å². The van der Waals surface area contributed by atoms with Gasteiger partial charge < -0.3 is 10.1 Å². The highest BCUT2D eigenvalue weighted by atomic mass is 16.5. The van der Waals surface area contributed by atoms with Crippen LogP contribution in [-0.2, 0) is 11.2 Å². The molecule has 1 aliphatic heterocycles. The number of ether oxygens (including phenoxy) is 1. The molecule has 0 saturated heterocycles. The molecule has 2 nitrogen and oxygen atoms in total. The van der Waals surface area contributed by atoms with Gasteiger partial charge in [0.25, 0.3) is 0 Å². The highest BCUT2D eigenvalue weighted by molar-refractivity contribution is 5.52. The van der Waals surface area contributed by atoms with Crippen molar-refractivity contribution in [3.8, 4) is 0 Å². The molecule has 1 atom stereocenters. The Kier molecular flexibility index (Phi) is 3.84. The largest absolute Gasteiger partial charge is 0.382 e. The average molecular weight is 245 g/mol. The first kappa shape index (κ1) is 12.0. The van der Waals surface area contributed by atoms with Crippen molar-refractivity contribution in [1.82, 2.24) is 0 Å². The van der Waals surface area contributed by atoms with Crippen molar-refractivity contribution in [3.63, 3.8) is 0 Å². The Bertz CT molecular complexity index is 357. The maximum Gasteiger partial charge on any atom is 0.0754 e. The second kappa shape index (κ2) is 5.75. The Morgan fingerprint density at radius 3 is 2.67 bits per heavy atom. The molecule has 0 spiro atoms. The fourth-order valence-electron chi connectivity index (χ4n) is 3.14. The highest BCUT2D eigenvalue weighted by Gasteiger charge is 2.21. The monoisotopic (exact) mass is 245 g/mol. The van der Waals surface area contributed by atoms with Crippen LogP contribution in [0.2, 0.25) is 0 Å². The zero-order valence-electron chi connectivity index (χ0n) is 11.0. The molecular weight excluding hydrogens is 222 g/mol. The first-order chi connectivity index (χ1) is 8.92. The number of rotatable bonds is 2. The molecule has 18 heavy (non-hydrogen) atoms. The minimum Gasteiger partial charge on any atom is -0.382 e. The molecule has 0 bridgehead atoms. The maximum atomic E-state index is 6.28. The maximum absolute atomic E-state index is 6.28. The summed E-state index contributed by atoms with van der Waals surface area (Å²) in [7, 11) is 0. The Labute approximate surface area is 110 Å². The van der Waals surface area contributed by atoms with Crippen molar-refractivity contribution < 1.29 is 4.74 Å². The van der Waals surface area contributed by atoms with E-state index < -0.39 is 0 Å². The molecule has 2 heteroatoms. The lowest BCUT2D eigenvalue weighted by Crippen LogP contribution is -2.29. The molecule has 1 unspecified atom stereocenters. The molecule has 0 radical (unpaired) electrons. The Morgan fingerprint density at radius 2 is 1.78 bits per heavy atom. The van der Waals surface area contributed by atoms with E-state index in [1.165, 1.54) is 43.4 Å². The van der Waals surface area contributed by atoms with Gasteiger partial charge in [0.05, 0.1) is 12.2 Å².